The highest BCUT2D eigenvalue weighted by atomic mass is 35.5. The summed E-state index contributed by atoms with van der Waals surface area (Å²) in [6, 6.07) is 19.5. The van der Waals surface area contributed by atoms with E-state index in [1.165, 1.54) is 0 Å². The van der Waals surface area contributed by atoms with E-state index in [1.54, 1.807) is 18.3 Å². The Hall–Kier alpha value is -3.46. The number of fused-ring (bicyclic) bond motifs is 1. The van der Waals surface area contributed by atoms with Gasteiger partial charge in [0, 0.05) is 24.2 Å². The third-order valence-electron chi connectivity index (χ3n) is 5.28. The summed E-state index contributed by atoms with van der Waals surface area (Å²) in [5.41, 5.74) is 4.60. The van der Waals surface area contributed by atoms with Crippen LogP contribution in [-0.2, 0) is 4.74 Å². The summed E-state index contributed by atoms with van der Waals surface area (Å²) in [7, 11) is 0. The Labute approximate surface area is 206 Å². The van der Waals surface area contributed by atoms with E-state index in [9.17, 15) is 0 Å². The number of nitrogens with zero attached hydrogens (tertiary/aromatic N) is 5. The molecule has 4 aromatic rings. The molecule has 0 radical (unpaired) electrons. The number of nitrogens with one attached hydrogen (secondary N) is 2. The summed E-state index contributed by atoms with van der Waals surface area (Å²) >= 11 is 12.1. The zero-order chi connectivity index (χ0) is 23.3. The fourth-order valence-electron chi connectivity index (χ4n) is 3.59. The minimum atomic E-state index is 0.315. The van der Waals surface area contributed by atoms with Crippen molar-refractivity contribution >= 4 is 63.7 Å². The van der Waals surface area contributed by atoms with Crippen LogP contribution in [0.5, 0.6) is 0 Å². The molecule has 8 nitrogen and oxygen atoms in total. The number of rotatable bonds is 6. The predicted octanol–water partition coefficient (Wildman–Crippen LogP) is 5.36. The van der Waals surface area contributed by atoms with E-state index in [-0.39, 0.29) is 0 Å². The number of hydrogen-bond donors (Lipinski definition) is 2. The van der Waals surface area contributed by atoms with Crippen molar-refractivity contribution in [3.63, 3.8) is 0 Å². The maximum Gasteiger partial charge on any atom is 0.250 e. The highest BCUT2D eigenvalue weighted by molar-refractivity contribution is 6.42. The fraction of sp³-hybridized carbons (Fsp3) is 0.167. The molecule has 10 heteroatoms. The molecule has 172 valence electrons. The van der Waals surface area contributed by atoms with Gasteiger partial charge < -0.3 is 15.0 Å². The Morgan fingerprint density at radius 3 is 2.53 bits per heavy atom. The SMILES string of the molecule is Clc1ccc(C=NNc2nc(Nc3cccc4ccccc34)nc(N3CCOCC3)n2)cc1Cl. The minimum Gasteiger partial charge on any atom is -0.378 e. The van der Waals surface area contributed by atoms with Crippen LogP contribution in [-0.4, -0.2) is 47.5 Å². The maximum atomic E-state index is 6.08. The molecule has 1 aromatic heterocycles. The molecule has 1 aliphatic rings. The number of benzene rings is 3. The van der Waals surface area contributed by atoms with Gasteiger partial charge in [0.1, 0.15) is 0 Å². The quantitative estimate of drug-likeness (QED) is 0.276. The Morgan fingerprint density at radius 2 is 1.68 bits per heavy atom. The second kappa shape index (κ2) is 10.2. The monoisotopic (exact) mass is 493 g/mol. The normalized spacial score (nSPS) is 14.0. The summed E-state index contributed by atoms with van der Waals surface area (Å²) in [6.45, 7) is 2.64. The zero-order valence-electron chi connectivity index (χ0n) is 18.1. The third-order valence-corrected chi connectivity index (χ3v) is 6.01. The average Bonchev–Trinajstić information content (AvgIpc) is 2.87. The third kappa shape index (κ3) is 5.20. The van der Waals surface area contributed by atoms with Gasteiger partial charge in [0.15, 0.2) is 0 Å². The molecule has 0 spiro atoms. The van der Waals surface area contributed by atoms with E-state index >= 15 is 0 Å². The van der Waals surface area contributed by atoms with Gasteiger partial charge in [0.2, 0.25) is 17.8 Å². The molecule has 0 atom stereocenters. The molecule has 0 saturated carbocycles. The average molecular weight is 494 g/mol. The highest BCUT2D eigenvalue weighted by Crippen LogP contribution is 2.26. The number of hydrazone groups is 1. The minimum absolute atomic E-state index is 0.315. The molecule has 0 bridgehead atoms. The fourth-order valence-corrected chi connectivity index (χ4v) is 3.89. The van der Waals surface area contributed by atoms with Crippen LogP contribution in [0.15, 0.2) is 65.8 Å². The molecule has 0 amide bonds. The second-order valence-electron chi connectivity index (χ2n) is 7.58. The first-order valence-corrected chi connectivity index (χ1v) is 11.5. The summed E-state index contributed by atoms with van der Waals surface area (Å²) in [5.74, 6) is 1.28. The van der Waals surface area contributed by atoms with Crippen molar-refractivity contribution in [2.75, 3.05) is 41.9 Å². The van der Waals surface area contributed by atoms with Crippen LogP contribution in [0.4, 0.5) is 23.5 Å². The van der Waals surface area contributed by atoms with Crippen molar-refractivity contribution in [3.8, 4) is 0 Å². The van der Waals surface area contributed by atoms with E-state index in [2.05, 4.69) is 53.9 Å². The van der Waals surface area contributed by atoms with Crippen LogP contribution in [0.2, 0.25) is 10.0 Å². The number of ether oxygens (including phenoxy) is 1. The van der Waals surface area contributed by atoms with E-state index in [4.69, 9.17) is 27.9 Å². The van der Waals surface area contributed by atoms with E-state index in [1.807, 2.05) is 30.3 Å². The lowest BCUT2D eigenvalue weighted by Crippen LogP contribution is -2.37. The maximum absolute atomic E-state index is 6.08. The van der Waals surface area contributed by atoms with Gasteiger partial charge in [-0.25, -0.2) is 5.43 Å². The standard InChI is InChI=1S/C24H21Cl2N7O/c25-19-9-8-16(14-20(19)26)15-27-32-23-29-22(30-24(31-23)33-10-12-34-13-11-33)28-21-7-3-5-17-4-1-2-6-18(17)21/h1-9,14-15H,10-13H2,(H2,28,29,30,31,32). The molecule has 3 aromatic carbocycles. The van der Waals surface area contributed by atoms with Crippen LogP contribution >= 0.6 is 23.2 Å². The van der Waals surface area contributed by atoms with E-state index in [0.717, 1.165) is 22.0 Å². The van der Waals surface area contributed by atoms with Crippen molar-refractivity contribution in [1.82, 2.24) is 15.0 Å². The zero-order valence-corrected chi connectivity index (χ0v) is 19.6. The summed E-state index contributed by atoms with van der Waals surface area (Å²) in [4.78, 5) is 15.8. The molecule has 5 rings (SSSR count). The molecule has 0 unspecified atom stereocenters. The molecule has 2 N–H and O–H groups in total. The largest absolute Gasteiger partial charge is 0.378 e. The van der Waals surface area contributed by atoms with Gasteiger partial charge in [0.25, 0.3) is 0 Å². The molecule has 1 fully saturated rings. The first-order chi connectivity index (χ1) is 16.7. The smallest absolute Gasteiger partial charge is 0.250 e. The van der Waals surface area contributed by atoms with Gasteiger partial charge >= 0.3 is 0 Å². The van der Waals surface area contributed by atoms with E-state index < -0.39 is 0 Å². The van der Waals surface area contributed by atoms with Gasteiger partial charge in [-0.1, -0.05) is 65.7 Å². The Bertz CT molecular complexity index is 1340. The van der Waals surface area contributed by atoms with Crippen molar-refractivity contribution < 1.29 is 4.74 Å². The lowest BCUT2D eigenvalue weighted by Gasteiger charge is -2.27. The molecule has 1 aliphatic heterocycles. The van der Waals surface area contributed by atoms with E-state index in [0.29, 0.717) is 54.2 Å². The molecule has 34 heavy (non-hydrogen) atoms. The topological polar surface area (TPSA) is 87.6 Å². The number of halogens is 2. The first kappa shape index (κ1) is 22.3. The number of anilines is 4. The molecule has 1 saturated heterocycles. The van der Waals surface area contributed by atoms with Crippen LogP contribution in [0.3, 0.4) is 0 Å². The Kier molecular flexibility index (Phi) is 6.71. The highest BCUT2D eigenvalue weighted by Gasteiger charge is 2.17. The van der Waals surface area contributed by atoms with Gasteiger partial charge in [-0.2, -0.15) is 20.1 Å². The Morgan fingerprint density at radius 1 is 0.882 bits per heavy atom. The second-order valence-corrected chi connectivity index (χ2v) is 8.39. The molecule has 0 aliphatic carbocycles. The molecule has 2 heterocycles. The number of morpholine rings is 1. The lowest BCUT2D eigenvalue weighted by molar-refractivity contribution is 0.122. The van der Waals surface area contributed by atoms with Gasteiger partial charge in [0.05, 0.1) is 29.5 Å². The number of hydrogen-bond acceptors (Lipinski definition) is 8. The Balaban J connectivity index is 1.44. The van der Waals surface area contributed by atoms with Gasteiger partial charge in [-0.05, 0) is 29.1 Å². The predicted molar refractivity (Wildman–Crippen MR) is 138 cm³/mol. The van der Waals surface area contributed by atoms with Crippen molar-refractivity contribution in [1.29, 1.82) is 0 Å². The van der Waals surface area contributed by atoms with Crippen LogP contribution in [0.1, 0.15) is 5.56 Å². The van der Waals surface area contributed by atoms with Crippen molar-refractivity contribution in [3.05, 3.63) is 76.3 Å². The van der Waals surface area contributed by atoms with Gasteiger partial charge in [-0.3, -0.25) is 0 Å². The molecular weight excluding hydrogens is 473 g/mol. The summed E-state index contributed by atoms with van der Waals surface area (Å²) in [5, 5.41) is 10.8. The van der Waals surface area contributed by atoms with Gasteiger partial charge in [-0.15, -0.1) is 0 Å². The first-order valence-electron chi connectivity index (χ1n) is 10.7. The summed E-state index contributed by atoms with van der Waals surface area (Å²) < 4.78 is 5.47. The van der Waals surface area contributed by atoms with Crippen LogP contribution in [0, 0.1) is 0 Å². The van der Waals surface area contributed by atoms with Crippen molar-refractivity contribution in [2.24, 2.45) is 5.10 Å². The van der Waals surface area contributed by atoms with Crippen LogP contribution < -0.4 is 15.6 Å². The number of aromatic nitrogens is 3. The van der Waals surface area contributed by atoms with Crippen molar-refractivity contribution in [2.45, 2.75) is 0 Å². The molecular formula is C24H21Cl2N7O. The lowest BCUT2D eigenvalue weighted by atomic mass is 10.1. The summed E-state index contributed by atoms with van der Waals surface area (Å²) in [6.07, 6.45) is 1.62. The van der Waals surface area contributed by atoms with Crippen LogP contribution in [0.25, 0.3) is 10.8 Å².